The molecule has 0 heterocycles. The average Bonchev–Trinajstić information content (AvgIpc) is 2.12. The maximum absolute atomic E-state index is 11.9. The average molecular weight is 208 g/mol. The molecule has 0 saturated carbocycles. The lowest BCUT2D eigenvalue weighted by atomic mass is 9.72. The Balaban J connectivity index is 3.10. The number of hydrogen-bond donors (Lipinski definition) is 0. The van der Waals surface area contributed by atoms with Gasteiger partial charge in [-0.2, -0.15) is 0 Å². The van der Waals surface area contributed by atoms with Gasteiger partial charge in [0, 0.05) is 11.3 Å². The van der Waals surface area contributed by atoms with Crippen LogP contribution in [0.4, 0.5) is 0 Å². The molecule has 1 atom stereocenters. The largest absolute Gasteiger partial charge is 0.298 e. The Bertz CT molecular complexity index is 348. The van der Waals surface area contributed by atoms with Crippen LogP contribution in [0, 0.1) is 17.3 Å². The van der Waals surface area contributed by atoms with E-state index in [4.69, 9.17) is 0 Å². The van der Waals surface area contributed by atoms with E-state index in [0.717, 1.165) is 0 Å². The first-order valence-electron chi connectivity index (χ1n) is 5.08. The van der Waals surface area contributed by atoms with Gasteiger partial charge in [-0.3, -0.25) is 14.4 Å². The van der Waals surface area contributed by atoms with Crippen LogP contribution in [-0.2, 0) is 14.4 Å². The number of Topliss-reactive ketones (excluding diaryl/α,β-unsaturated/α-hetero) is 2. The summed E-state index contributed by atoms with van der Waals surface area (Å²) in [5.74, 6) is -2.30. The van der Waals surface area contributed by atoms with Crippen LogP contribution in [0.2, 0.25) is 0 Å². The van der Waals surface area contributed by atoms with Gasteiger partial charge >= 0.3 is 0 Å². The molecule has 0 unspecified atom stereocenters. The third-order valence-electron chi connectivity index (χ3n) is 2.70. The number of carbonyl (C=O) groups is 3. The van der Waals surface area contributed by atoms with Crippen LogP contribution in [0.15, 0.2) is 12.2 Å². The molecule has 0 radical (unpaired) electrons. The van der Waals surface area contributed by atoms with Gasteiger partial charge in [-0.25, -0.2) is 0 Å². The maximum atomic E-state index is 11.9. The third-order valence-corrected chi connectivity index (χ3v) is 2.70. The molecule has 0 aromatic rings. The van der Waals surface area contributed by atoms with E-state index < -0.39 is 11.3 Å². The lowest BCUT2D eigenvalue weighted by Crippen LogP contribution is -2.43. The van der Waals surface area contributed by atoms with Crippen LogP contribution >= 0.6 is 0 Å². The summed E-state index contributed by atoms with van der Waals surface area (Å²) in [6.07, 6.45) is 2.92. The quantitative estimate of drug-likeness (QED) is 0.647. The molecule has 3 nitrogen and oxygen atoms in total. The van der Waals surface area contributed by atoms with Crippen molar-refractivity contribution in [2.24, 2.45) is 17.3 Å². The predicted octanol–water partition coefficient (Wildman–Crippen LogP) is 1.56. The minimum atomic E-state index is -1.08. The Morgan fingerprint density at radius 3 is 2.33 bits per heavy atom. The molecular weight excluding hydrogens is 192 g/mol. The van der Waals surface area contributed by atoms with E-state index in [1.807, 2.05) is 0 Å². The molecule has 15 heavy (non-hydrogen) atoms. The van der Waals surface area contributed by atoms with Crippen molar-refractivity contribution in [2.75, 3.05) is 0 Å². The van der Waals surface area contributed by atoms with Crippen molar-refractivity contribution in [3.8, 4) is 0 Å². The maximum Gasteiger partial charge on any atom is 0.173 e. The van der Waals surface area contributed by atoms with Crippen LogP contribution in [0.3, 0.4) is 0 Å². The zero-order valence-electron chi connectivity index (χ0n) is 9.53. The molecule has 1 rings (SSSR count). The molecule has 0 aromatic heterocycles. The highest BCUT2D eigenvalue weighted by atomic mass is 16.2. The van der Waals surface area contributed by atoms with Crippen LogP contribution in [0.25, 0.3) is 0 Å². The summed E-state index contributed by atoms with van der Waals surface area (Å²) in [4.78, 5) is 35.2. The van der Waals surface area contributed by atoms with Crippen molar-refractivity contribution >= 4 is 17.3 Å². The SMILES string of the molecule is CC(C)C(=O)[C@@H]1C(=O)C=CC(C)(C)C1=O. The molecule has 0 bridgehead atoms. The molecule has 1 aliphatic rings. The van der Waals surface area contributed by atoms with Crippen molar-refractivity contribution in [3.63, 3.8) is 0 Å². The molecule has 0 aliphatic heterocycles. The molecule has 0 amide bonds. The lowest BCUT2D eigenvalue weighted by molar-refractivity contribution is -0.143. The van der Waals surface area contributed by atoms with Crippen molar-refractivity contribution < 1.29 is 14.4 Å². The first kappa shape index (κ1) is 11.8. The molecule has 1 aliphatic carbocycles. The van der Waals surface area contributed by atoms with E-state index in [9.17, 15) is 14.4 Å². The fourth-order valence-electron chi connectivity index (χ4n) is 1.57. The Labute approximate surface area is 89.5 Å². The fourth-order valence-corrected chi connectivity index (χ4v) is 1.57. The molecule has 82 valence electrons. The number of rotatable bonds is 2. The van der Waals surface area contributed by atoms with Crippen LogP contribution < -0.4 is 0 Å². The van der Waals surface area contributed by atoms with E-state index in [2.05, 4.69) is 0 Å². The van der Waals surface area contributed by atoms with Gasteiger partial charge in [-0.1, -0.05) is 19.9 Å². The zero-order chi connectivity index (χ0) is 11.8. The molecule has 0 spiro atoms. The van der Waals surface area contributed by atoms with Gasteiger partial charge < -0.3 is 0 Å². The summed E-state index contributed by atoms with van der Waals surface area (Å²) in [6.45, 7) is 6.85. The summed E-state index contributed by atoms with van der Waals surface area (Å²) in [5, 5.41) is 0. The molecule has 0 fully saturated rings. The molecule has 0 aromatic carbocycles. The van der Waals surface area contributed by atoms with Gasteiger partial charge in [0.25, 0.3) is 0 Å². The van der Waals surface area contributed by atoms with Crippen molar-refractivity contribution in [1.82, 2.24) is 0 Å². The van der Waals surface area contributed by atoms with Crippen molar-refractivity contribution in [3.05, 3.63) is 12.2 Å². The van der Waals surface area contributed by atoms with Crippen LogP contribution in [-0.4, -0.2) is 17.3 Å². The third kappa shape index (κ3) is 2.06. The Morgan fingerprint density at radius 2 is 1.87 bits per heavy atom. The summed E-state index contributed by atoms with van der Waals surface area (Å²) in [6, 6.07) is 0. The summed E-state index contributed by atoms with van der Waals surface area (Å²) < 4.78 is 0. The van der Waals surface area contributed by atoms with Crippen molar-refractivity contribution in [1.29, 1.82) is 0 Å². The van der Waals surface area contributed by atoms with Gasteiger partial charge in [0.1, 0.15) is 5.92 Å². The van der Waals surface area contributed by atoms with E-state index in [1.54, 1.807) is 33.8 Å². The second-order valence-electron chi connectivity index (χ2n) is 4.81. The molecule has 3 heteroatoms. The Morgan fingerprint density at radius 1 is 1.33 bits per heavy atom. The zero-order valence-corrected chi connectivity index (χ0v) is 9.53. The number of carbonyl (C=O) groups excluding carboxylic acids is 3. The number of hydrogen-bond acceptors (Lipinski definition) is 3. The number of allylic oxidation sites excluding steroid dienone is 2. The topological polar surface area (TPSA) is 51.2 Å². The first-order valence-corrected chi connectivity index (χ1v) is 5.08. The van der Waals surface area contributed by atoms with Gasteiger partial charge in [0.05, 0.1) is 0 Å². The van der Waals surface area contributed by atoms with Gasteiger partial charge in [0.15, 0.2) is 17.3 Å². The highest BCUT2D eigenvalue weighted by Gasteiger charge is 2.43. The van der Waals surface area contributed by atoms with Gasteiger partial charge in [0.2, 0.25) is 0 Å². The summed E-state index contributed by atoms with van der Waals surface area (Å²) in [5.41, 5.74) is -0.705. The van der Waals surface area contributed by atoms with Gasteiger partial charge in [-0.15, -0.1) is 0 Å². The standard InChI is InChI=1S/C12H16O3/c1-7(2)10(14)9-8(13)5-6-12(3,4)11(9)15/h5-7,9H,1-4H3/t9-/m0/s1. The van der Waals surface area contributed by atoms with Crippen molar-refractivity contribution in [2.45, 2.75) is 27.7 Å². The monoisotopic (exact) mass is 208 g/mol. The summed E-state index contributed by atoms with van der Waals surface area (Å²) >= 11 is 0. The second kappa shape index (κ2) is 3.72. The van der Waals surface area contributed by atoms with Gasteiger partial charge in [-0.05, 0) is 19.9 Å². The van der Waals surface area contributed by atoms with Crippen LogP contribution in [0.5, 0.6) is 0 Å². The van der Waals surface area contributed by atoms with Crippen LogP contribution in [0.1, 0.15) is 27.7 Å². The molecule has 0 N–H and O–H groups in total. The second-order valence-corrected chi connectivity index (χ2v) is 4.81. The van der Waals surface area contributed by atoms with E-state index in [-0.39, 0.29) is 23.3 Å². The lowest BCUT2D eigenvalue weighted by Gasteiger charge is -2.27. The summed E-state index contributed by atoms with van der Waals surface area (Å²) in [7, 11) is 0. The minimum absolute atomic E-state index is 0.276. The Kier molecular flexibility index (Phi) is 2.93. The van der Waals surface area contributed by atoms with E-state index >= 15 is 0 Å². The first-order chi connectivity index (χ1) is 6.77. The predicted molar refractivity (Wildman–Crippen MR) is 56.3 cm³/mol. The molecular formula is C12H16O3. The smallest absolute Gasteiger partial charge is 0.173 e. The highest BCUT2D eigenvalue weighted by Crippen LogP contribution is 2.29. The van der Waals surface area contributed by atoms with E-state index in [1.165, 1.54) is 6.08 Å². The molecule has 0 saturated heterocycles. The highest BCUT2D eigenvalue weighted by molar-refractivity contribution is 6.25. The number of ketones is 3. The fraction of sp³-hybridized carbons (Fsp3) is 0.583. The van der Waals surface area contributed by atoms with E-state index in [0.29, 0.717) is 0 Å². The normalized spacial score (nSPS) is 24.7. The Hall–Kier alpha value is -1.25. The minimum Gasteiger partial charge on any atom is -0.298 e.